The Bertz CT molecular complexity index is 553. The molecule has 2 rings (SSSR count). The van der Waals surface area contributed by atoms with Crippen molar-refractivity contribution in [3.8, 4) is 0 Å². The van der Waals surface area contributed by atoms with E-state index in [-0.39, 0.29) is 24.2 Å². The molecule has 0 fully saturated rings. The molecule has 4 N–H and O–H groups in total. The van der Waals surface area contributed by atoms with Crippen molar-refractivity contribution in [2.75, 3.05) is 18.4 Å². The molecule has 0 spiro atoms. The Morgan fingerprint density at radius 2 is 2.33 bits per heavy atom. The Morgan fingerprint density at radius 3 is 3.05 bits per heavy atom. The molecule has 0 saturated carbocycles. The maximum atomic E-state index is 12.0. The largest absolute Gasteiger partial charge is 0.356 e. The van der Waals surface area contributed by atoms with Crippen LogP contribution in [0.5, 0.6) is 0 Å². The molecule has 114 valence electrons. The molecule has 0 aromatic heterocycles. The van der Waals surface area contributed by atoms with Crippen LogP contribution in [-0.4, -0.2) is 30.2 Å². The highest BCUT2D eigenvalue weighted by atomic mass is 35.5. The number of amides is 2. The smallest absolute Gasteiger partial charge is 0.238 e. The second kappa shape index (κ2) is 7.15. The lowest BCUT2D eigenvalue weighted by atomic mass is 10.2. The van der Waals surface area contributed by atoms with E-state index in [1.54, 1.807) is 12.1 Å². The minimum atomic E-state index is -0.424. The zero-order chi connectivity index (χ0) is 15.4. The van der Waals surface area contributed by atoms with Gasteiger partial charge in [0.05, 0.1) is 10.9 Å². The fraction of sp³-hybridized carbons (Fsp3) is 0.429. The first kappa shape index (κ1) is 16.1. The van der Waals surface area contributed by atoms with Crippen molar-refractivity contribution >= 4 is 40.9 Å². The number of fused-ring (bicyclic) bond motifs is 1. The molecule has 1 aromatic carbocycles. The van der Waals surface area contributed by atoms with E-state index >= 15 is 0 Å². The molecule has 0 aliphatic carbocycles. The highest BCUT2D eigenvalue weighted by Crippen LogP contribution is 2.38. The van der Waals surface area contributed by atoms with Gasteiger partial charge in [0.1, 0.15) is 0 Å². The summed E-state index contributed by atoms with van der Waals surface area (Å²) in [5.74, 6) is -0.0817. The summed E-state index contributed by atoms with van der Waals surface area (Å²) >= 11 is 7.28. The number of hydrogen-bond donors (Lipinski definition) is 3. The predicted molar refractivity (Wildman–Crippen MR) is 85.6 cm³/mol. The quantitative estimate of drug-likeness (QED) is 0.770. The van der Waals surface area contributed by atoms with Crippen molar-refractivity contribution < 1.29 is 9.59 Å². The predicted octanol–water partition coefficient (Wildman–Crippen LogP) is 1.85. The summed E-state index contributed by atoms with van der Waals surface area (Å²) in [6.45, 7) is 3.01. The molecular formula is C14H18ClN3O2S. The monoisotopic (exact) mass is 327 g/mol. The molecule has 0 bridgehead atoms. The van der Waals surface area contributed by atoms with Gasteiger partial charge in [-0.15, -0.1) is 11.8 Å². The van der Waals surface area contributed by atoms with E-state index in [0.717, 1.165) is 4.90 Å². The maximum Gasteiger partial charge on any atom is 0.238 e. The number of anilines is 1. The van der Waals surface area contributed by atoms with Crippen LogP contribution >= 0.6 is 23.4 Å². The molecular weight excluding hydrogens is 310 g/mol. The highest BCUT2D eigenvalue weighted by molar-refractivity contribution is 8.01. The zero-order valence-electron chi connectivity index (χ0n) is 11.7. The van der Waals surface area contributed by atoms with Crippen LogP contribution in [0.4, 0.5) is 5.69 Å². The van der Waals surface area contributed by atoms with Crippen molar-refractivity contribution in [2.24, 2.45) is 11.7 Å². The van der Waals surface area contributed by atoms with Gasteiger partial charge >= 0.3 is 0 Å². The third kappa shape index (κ3) is 4.36. The van der Waals surface area contributed by atoms with Gasteiger partial charge in [0.15, 0.2) is 0 Å². The SMILES string of the molecule is CC(CN)CNC(=O)CC1Sc2ccc(Cl)cc2NC1=O. The molecule has 5 nitrogen and oxygen atoms in total. The lowest BCUT2D eigenvalue weighted by Crippen LogP contribution is -2.37. The summed E-state index contributed by atoms with van der Waals surface area (Å²) in [4.78, 5) is 24.8. The van der Waals surface area contributed by atoms with Crippen LogP contribution in [0.25, 0.3) is 0 Å². The summed E-state index contributed by atoms with van der Waals surface area (Å²) in [7, 11) is 0. The van der Waals surface area contributed by atoms with E-state index in [1.807, 2.05) is 13.0 Å². The molecule has 2 atom stereocenters. The van der Waals surface area contributed by atoms with Crippen LogP contribution in [0.1, 0.15) is 13.3 Å². The highest BCUT2D eigenvalue weighted by Gasteiger charge is 2.29. The number of carbonyl (C=O) groups excluding carboxylic acids is 2. The number of hydrogen-bond acceptors (Lipinski definition) is 4. The molecule has 2 amide bonds. The molecule has 1 aliphatic heterocycles. The molecule has 21 heavy (non-hydrogen) atoms. The van der Waals surface area contributed by atoms with Gasteiger partial charge in [-0.1, -0.05) is 18.5 Å². The summed E-state index contributed by atoms with van der Waals surface area (Å²) in [6.07, 6.45) is 0.149. The van der Waals surface area contributed by atoms with Crippen molar-refractivity contribution in [3.63, 3.8) is 0 Å². The zero-order valence-corrected chi connectivity index (χ0v) is 13.3. The van der Waals surface area contributed by atoms with Gasteiger partial charge < -0.3 is 16.4 Å². The minimum Gasteiger partial charge on any atom is -0.356 e. The van der Waals surface area contributed by atoms with Crippen LogP contribution < -0.4 is 16.4 Å². The van der Waals surface area contributed by atoms with Crippen LogP contribution in [0.2, 0.25) is 5.02 Å². The van der Waals surface area contributed by atoms with Crippen LogP contribution in [0, 0.1) is 5.92 Å². The van der Waals surface area contributed by atoms with Gasteiger partial charge in [0.25, 0.3) is 0 Å². The average Bonchev–Trinajstić information content (AvgIpc) is 2.45. The molecule has 7 heteroatoms. The Morgan fingerprint density at radius 1 is 1.57 bits per heavy atom. The lowest BCUT2D eigenvalue weighted by molar-refractivity contribution is -0.124. The van der Waals surface area contributed by atoms with Crippen molar-refractivity contribution in [1.82, 2.24) is 5.32 Å². The second-order valence-corrected chi connectivity index (χ2v) is 6.77. The van der Waals surface area contributed by atoms with Crippen molar-refractivity contribution in [1.29, 1.82) is 0 Å². The van der Waals surface area contributed by atoms with Gasteiger partial charge in [-0.3, -0.25) is 9.59 Å². The first-order chi connectivity index (χ1) is 9.99. The average molecular weight is 328 g/mol. The Kier molecular flexibility index (Phi) is 5.50. The second-order valence-electron chi connectivity index (χ2n) is 5.09. The standard InChI is InChI=1S/C14H18ClN3O2S/c1-8(6-16)7-17-13(19)5-12-14(20)18-10-4-9(15)2-3-11(10)21-12/h2-4,8,12H,5-7,16H2,1H3,(H,17,19)(H,18,20). The van der Waals surface area contributed by atoms with E-state index < -0.39 is 5.25 Å². The van der Waals surface area contributed by atoms with Crippen LogP contribution in [0.15, 0.2) is 23.1 Å². The number of carbonyl (C=O) groups is 2. The molecule has 1 aromatic rings. The molecule has 1 aliphatic rings. The fourth-order valence-electron chi connectivity index (χ4n) is 1.87. The number of rotatable bonds is 5. The van der Waals surface area contributed by atoms with Crippen LogP contribution in [-0.2, 0) is 9.59 Å². The van der Waals surface area contributed by atoms with E-state index in [4.69, 9.17) is 17.3 Å². The normalized spacial score (nSPS) is 18.6. The van der Waals surface area contributed by atoms with Gasteiger partial charge in [-0.05, 0) is 30.7 Å². The maximum absolute atomic E-state index is 12.0. The Hall–Kier alpha value is -1.24. The molecule has 0 saturated heterocycles. The van der Waals surface area contributed by atoms with Gasteiger partial charge in [0, 0.05) is 22.9 Å². The summed E-state index contributed by atoms with van der Waals surface area (Å²) < 4.78 is 0. The number of halogens is 1. The summed E-state index contributed by atoms with van der Waals surface area (Å²) in [5, 5.41) is 5.74. The van der Waals surface area contributed by atoms with Crippen molar-refractivity contribution in [3.05, 3.63) is 23.2 Å². The number of thioether (sulfide) groups is 1. The van der Waals surface area contributed by atoms with Gasteiger partial charge in [-0.25, -0.2) is 0 Å². The first-order valence-electron chi connectivity index (χ1n) is 6.73. The Labute approximate surface area is 133 Å². The summed E-state index contributed by atoms with van der Waals surface area (Å²) in [6, 6.07) is 5.33. The third-order valence-corrected chi connectivity index (χ3v) is 4.69. The summed E-state index contributed by atoms with van der Waals surface area (Å²) in [5.41, 5.74) is 6.20. The third-order valence-electron chi connectivity index (χ3n) is 3.18. The number of benzene rings is 1. The van der Waals surface area contributed by atoms with E-state index in [0.29, 0.717) is 23.8 Å². The number of nitrogens with two attached hydrogens (primary N) is 1. The van der Waals surface area contributed by atoms with Gasteiger partial charge in [-0.2, -0.15) is 0 Å². The van der Waals surface area contributed by atoms with Crippen LogP contribution in [0.3, 0.4) is 0 Å². The number of nitrogens with one attached hydrogen (secondary N) is 2. The molecule has 2 unspecified atom stereocenters. The van der Waals surface area contributed by atoms with E-state index in [2.05, 4.69) is 10.6 Å². The first-order valence-corrected chi connectivity index (χ1v) is 7.99. The fourth-order valence-corrected chi connectivity index (χ4v) is 3.13. The van der Waals surface area contributed by atoms with E-state index in [9.17, 15) is 9.59 Å². The lowest BCUT2D eigenvalue weighted by Gasteiger charge is -2.24. The van der Waals surface area contributed by atoms with Crippen molar-refractivity contribution in [2.45, 2.75) is 23.5 Å². The minimum absolute atomic E-state index is 0.139. The van der Waals surface area contributed by atoms with Gasteiger partial charge in [0.2, 0.25) is 11.8 Å². The molecule has 1 heterocycles. The van der Waals surface area contributed by atoms with E-state index in [1.165, 1.54) is 11.8 Å². The Balaban J connectivity index is 1.94. The molecule has 0 radical (unpaired) electrons. The topological polar surface area (TPSA) is 84.2 Å².